The molecule has 1 aromatic carbocycles. The Kier molecular flexibility index (Phi) is 6.05. The number of halogens is 1. The largest absolute Gasteiger partial charge is 0.377 e. The van der Waals surface area contributed by atoms with Crippen LogP contribution in [0.25, 0.3) is 0 Å². The van der Waals surface area contributed by atoms with Crippen LogP contribution in [0.15, 0.2) is 24.3 Å². The molecule has 2 aromatic rings. The molecule has 0 fully saturated rings. The van der Waals surface area contributed by atoms with Gasteiger partial charge in [0, 0.05) is 12.1 Å². The van der Waals surface area contributed by atoms with E-state index in [9.17, 15) is 13.2 Å². The maximum absolute atomic E-state index is 12.0. The summed E-state index contributed by atoms with van der Waals surface area (Å²) in [5.74, 6) is -1.52. The summed E-state index contributed by atoms with van der Waals surface area (Å²) in [6.45, 7) is 0.280. The third-order valence-corrected chi connectivity index (χ3v) is 5.17. The SMILES string of the molecule is COCc1nnc(NC(=O)CS(=O)(=O)Cc2ccc(Cl)cc2)s1. The number of carbonyl (C=O) groups excluding carboxylic acids is 1. The van der Waals surface area contributed by atoms with Crippen molar-refractivity contribution in [3.8, 4) is 0 Å². The number of carbonyl (C=O) groups is 1. The third kappa shape index (κ3) is 5.87. The standard InChI is InChI=1S/C13H14ClN3O4S2/c1-21-6-12-16-17-13(22-12)15-11(18)8-23(19,20)7-9-2-4-10(14)5-3-9/h2-5H,6-8H2,1H3,(H,15,17,18). The van der Waals surface area contributed by atoms with Gasteiger partial charge in [-0.3, -0.25) is 10.1 Å². The van der Waals surface area contributed by atoms with Crippen LogP contribution in [0.3, 0.4) is 0 Å². The van der Waals surface area contributed by atoms with Crippen LogP contribution in [-0.4, -0.2) is 37.4 Å². The Morgan fingerprint density at radius 1 is 1.30 bits per heavy atom. The number of nitrogens with zero attached hydrogens (tertiary/aromatic N) is 2. The predicted molar refractivity (Wildman–Crippen MR) is 88.2 cm³/mol. The minimum atomic E-state index is -3.59. The number of rotatable bonds is 7. The molecule has 23 heavy (non-hydrogen) atoms. The van der Waals surface area contributed by atoms with E-state index in [2.05, 4.69) is 15.5 Å². The Hall–Kier alpha value is -1.55. The van der Waals surface area contributed by atoms with Gasteiger partial charge in [-0.15, -0.1) is 10.2 Å². The van der Waals surface area contributed by atoms with Gasteiger partial charge >= 0.3 is 0 Å². The second-order valence-corrected chi connectivity index (χ2v) is 8.20. The monoisotopic (exact) mass is 375 g/mol. The zero-order valence-electron chi connectivity index (χ0n) is 12.2. The third-order valence-electron chi connectivity index (χ3n) is 2.63. The lowest BCUT2D eigenvalue weighted by atomic mass is 10.2. The molecule has 0 saturated carbocycles. The van der Waals surface area contributed by atoms with Crippen molar-refractivity contribution in [2.45, 2.75) is 12.4 Å². The van der Waals surface area contributed by atoms with E-state index in [0.29, 0.717) is 15.6 Å². The van der Waals surface area contributed by atoms with Crippen LogP contribution in [0.4, 0.5) is 5.13 Å². The molecule has 0 atom stereocenters. The number of aromatic nitrogens is 2. The van der Waals surface area contributed by atoms with Crippen LogP contribution < -0.4 is 5.32 Å². The zero-order chi connectivity index (χ0) is 16.9. The maximum atomic E-state index is 12.0. The average molecular weight is 376 g/mol. The average Bonchev–Trinajstić information content (AvgIpc) is 2.88. The van der Waals surface area contributed by atoms with Gasteiger partial charge in [0.25, 0.3) is 0 Å². The highest BCUT2D eigenvalue weighted by Crippen LogP contribution is 2.16. The summed E-state index contributed by atoms with van der Waals surface area (Å²) in [6, 6.07) is 6.43. The van der Waals surface area contributed by atoms with Crippen molar-refractivity contribution in [3.05, 3.63) is 39.9 Å². The maximum Gasteiger partial charge on any atom is 0.241 e. The fourth-order valence-corrected chi connectivity index (χ4v) is 3.85. The quantitative estimate of drug-likeness (QED) is 0.793. The van der Waals surface area contributed by atoms with E-state index < -0.39 is 21.5 Å². The molecule has 1 amide bonds. The Morgan fingerprint density at radius 3 is 2.65 bits per heavy atom. The smallest absolute Gasteiger partial charge is 0.241 e. The number of amides is 1. The van der Waals surface area contributed by atoms with Gasteiger partial charge in [-0.2, -0.15) is 0 Å². The number of nitrogens with one attached hydrogen (secondary N) is 1. The van der Waals surface area contributed by atoms with Gasteiger partial charge in [0.15, 0.2) is 9.84 Å². The van der Waals surface area contributed by atoms with Crippen molar-refractivity contribution >= 4 is 43.8 Å². The first kappa shape index (κ1) is 17.8. The minimum Gasteiger partial charge on any atom is -0.377 e. The molecule has 0 spiro atoms. The first-order valence-corrected chi connectivity index (χ1v) is 9.45. The van der Waals surface area contributed by atoms with Crippen molar-refractivity contribution in [1.29, 1.82) is 0 Å². The van der Waals surface area contributed by atoms with Crippen LogP contribution in [0.2, 0.25) is 5.02 Å². The van der Waals surface area contributed by atoms with Crippen molar-refractivity contribution in [3.63, 3.8) is 0 Å². The van der Waals surface area contributed by atoms with E-state index in [1.54, 1.807) is 24.3 Å². The number of ether oxygens (including phenoxy) is 1. The molecular weight excluding hydrogens is 362 g/mol. The Morgan fingerprint density at radius 2 is 2.00 bits per heavy atom. The van der Waals surface area contributed by atoms with Crippen molar-refractivity contribution < 1.29 is 17.9 Å². The van der Waals surface area contributed by atoms with Crippen LogP contribution in [0.5, 0.6) is 0 Å². The molecular formula is C13H14ClN3O4S2. The van der Waals surface area contributed by atoms with Crippen LogP contribution in [-0.2, 0) is 31.7 Å². The highest BCUT2D eigenvalue weighted by Gasteiger charge is 2.18. The normalized spacial score (nSPS) is 11.4. The molecule has 0 unspecified atom stereocenters. The van der Waals surface area contributed by atoms with E-state index >= 15 is 0 Å². The van der Waals surface area contributed by atoms with Crippen LogP contribution >= 0.6 is 22.9 Å². The Labute approximate surface area is 142 Å². The fraction of sp³-hybridized carbons (Fsp3) is 0.308. The van der Waals surface area contributed by atoms with Gasteiger partial charge in [-0.1, -0.05) is 35.1 Å². The molecule has 10 heteroatoms. The van der Waals surface area contributed by atoms with Gasteiger partial charge < -0.3 is 4.74 Å². The minimum absolute atomic E-state index is 0.233. The highest BCUT2D eigenvalue weighted by molar-refractivity contribution is 7.91. The lowest BCUT2D eigenvalue weighted by molar-refractivity contribution is -0.113. The van der Waals surface area contributed by atoms with Crippen LogP contribution in [0.1, 0.15) is 10.6 Å². The van der Waals surface area contributed by atoms with Crippen molar-refractivity contribution in [2.75, 3.05) is 18.2 Å². The summed E-state index contributed by atoms with van der Waals surface area (Å²) < 4.78 is 29.0. The second kappa shape index (κ2) is 7.82. The summed E-state index contributed by atoms with van der Waals surface area (Å²) in [5.41, 5.74) is 0.570. The van der Waals surface area contributed by atoms with E-state index in [1.807, 2.05) is 0 Å². The number of anilines is 1. The van der Waals surface area contributed by atoms with E-state index in [4.69, 9.17) is 16.3 Å². The lowest BCUT2D eigenvalue weighted by Gasteiger charge is -2.04. The van der Waals surface area contributed by atoms with Gasteiger partial charge in [0.1, 0.15) is 17.4 Å². The molecule has 0 bridgehead atoms. The molecule has 0 radical (unpaired) electrons. The summed E-state index contributed by atoms with van der Waals surface area (Å²) in [6.07, 6.45) is 0. The summed E-state index contributed by atoms with van der Waals surface area (Å²) in [4.78, 5) is 11.8. The van der Waals surface area contributed by atoms with Gasteiger partial charge in [0.2, 0.25) is 11.0 Å². The zero-order valence-corrected chi connectivity index (χ0v) is 14.5. The molecule has 0 aliphatic carbocycles. The second-order valence-electron chi connectivity index (χ2n) is 4.64. The first-order chi connectivity index (χ1) is 10.9. The van der Waals surface area contributed by atoms with Crippen molar-refractivity contribution in [1.82, 2.24) is 10.2 Å². The fourth-order valence-electron chi connectivity index (χ4n) is 1.73. The molecule has 0 aliphatic heterocycles. The molecule has 7 nitrogen and oxygen atoms in total. The summed E-state index contributed by atoms with van der Waals surface area (Å²) in [5, 5.41) is 11.3. The predicted octanol–water partition coefficient (Wildman–Crippen LogP) is 1.89. The number of hydrogen-bond acceptors (Lipinski definition) is 7. The lowest BCUT2D eigenvalue weighted by Crippen LogP contribution is -2.23. The Bertz CT molecular complexity index is 775. The topological polar surface area (TPSA) is 98.2 Å². The van der Waals surface area contributed by atoms with Gasteiger partial charge in [-0.05, 0) is 17.7 Å². The molecule has 0 aliphatic rings. The highest BCUT2D eigenvalue weighted by atomic mass is 35.5. The molecule has 124 valence electrons. The van der Waals surface area contributed by atoms with Crippen molar-refractivity contribution in [2.24, 2.45) is 0 Å². The van der Waals surface area contributed by atoms with E-state index in [1.165, 1.54) is 7.11 Å². The Balaban J connectivity index is 1.93. The first-order valence-electron chi connectivity index (χ1n) is 6.44. The van der Waals surface area contributed by atoms with E-state index in [-0.39, 0.29) is 17.5 Å². The van der Waals surface area contributed by atoms with Crippen LogP contribution in [0, 0.1) is 0 Å². The number of hydrogen-bond donors (Lipinski definition) is 1. The number of benzene rings is 1. The molecule has 2 rings (SSSR count). The molecule has 1 N–H and O–H groups in total. The van der Waals surface area contributed by atoms with E-state index in [0.717, 1.165) is 11.3 Å². The molecule has 1 aromatic heterocycles. The molecule has 0 saturated heterocycles. The summed E-state index contributed by atoms with van der Waals surface area (Å²) in [7, 11) is -2.08. The van der Waals surface area contributed by atoms with Gasteiger partial charge in [0.05, 0.1) is 5.75 Å². The number of sulfone groups is 1. The van der Waals surface area contributed by atoms with Gasteiger partial charge in [-0.25, -0.2) is 8.42 Å². The molecule has 1 heterocycles. The number of methoxy groups -OCH3 is 1. The summed E-state index contributed by atoms with van der Waals surface area (Å²) >= 11 is 6.88.